The summed E-state index contributed by atoms with van der Waals surface area (Å²) in [6.07, 6.45) is 0.382. The molecule has 4 heterocycles. The van der Waals surface area contributed by atoms with Crippen LogP contribution >= 0.6 is 22.7 Å². The highest BCUT2D eigenvalue weighted by Crippen LogP contribution is 2.32. The first-order valence-corrected chi connectivity index (χ1v) is 9.91. The lowest BCUT2D eigenvalue weighted by Crippen LogP contribution is -2.30. The number of thiophene rings is 2. The standard InChI is InChI=1S/C17H15N5O3S2/c1-9-8-10-13(19-17(25)18-12-5-3-7-27-12)21-22(14(10)20-15(9)23)16(24)11-4-2-6-26-11/h2-7,9H,8H2,1H3,(H,20,23)(H2,18,19,21,25). The van der Waals surface area contributed by atoms with Crippen molar-refractivity contribution in [2.75, 3.05) is 16.0 Å². The molecule has 3 aromatic heterocycles. The van der Waals surface area contributed by atoms with Gasteiger partial charge in [-0.2, -0.15) is 4.68 Å². The van der Waals surface area contributed by atoms with Gasteiger partial charge in [0.25, 0.3) is 5.91 Å². The Morgan fingerprint density at radius 1 is 1.22 bits per heavy atom. The summed E-state index contributed by atoms with van der Waals surface area (Å²) in [5.74, 6) is -0.258. The van der Waals surface area contributed by atoms with Gasteiger partial charge < -0.3 is 5.32 Å². The molecule has 138 valence electrons. The van der Waals surface area contributed by atoms with Gasteiger partial charge in [-0.15, -0.1) is 27.8 Å². The molecule has 0 aromatic carbocycles. The third-order valence-electron chi connectivity index (χ3n) is 4.10. The van der Waals surface area contributed by atoms with Crippen LogP contribution in [-0.2, 0) is 11.2 Å². The van der Waals surface area contributed by atoms with Gasteiger partial charge >= 0.3 is 6.03 Å². The first-order chi connectivity index (χ1) is 13.0. The number of rotatable bonds is 3. The fourth-order valence-electron chi connectivity index (χ4n) is 2.76. The molecular weight excluding hydrogens is 386 g/mol. The molecule has 0 spiro atoms. The predicted octanol–water partition coefficient (Wildman–Crippen LogP) is 3.47. The summed E-state index contributed by atoms with van der Waals surface area (Å²) in [5, 5.41) is 16.7. The van der Waals surface area contributed by atoms with Gasteiger partial charge in [-0.1, -0.05) is 13.0 Å². The molecule has 1 aliphatic heterocycles. The molecule has 8 nitrogen and oxygen atoms in total. The number of carbonyl (C=O) groups excluding carboxylic acids is 3. The van der Waals surface area contributed by atoms with Crippen molar-refractivity contribution < 1.29 is 14.4 Å². The number of amides is 3. The number of anilines is 3. The fraction of sp³-hybridized carbons (Fsp3) is 0.176. The molecule has 1 unspecified atom stereocenters. The average molecular weight is 401 g/mol. The zero-order valence-electron chi connectivity index (χ0n) is 14.2. The largest absolute Gasteiger partial charge is 0.325 e. The maximum atomic E-state index is 12.8. The normalized spacial score (nSPS) is 15.7. The van der Waals surface area contributed by atoms with Crippen molar-refractivity contribution in [3.63, 3.8) is 0 Å². The lowest BCUT2D eigenvalue weighted by atomic mass is 9.98. The maximum absolute atomic E-state index is 12.8. The highest BCUT2D eigenvalue weighted by Gasteiger charge is 2.32. The minimum atomic E-state index is -0.460. The molecule has 0 fully saturated rings. The fourth-order valence-corrected chi connectivity index (χ4v) is 4.02. The third kappa shape index (κ3) is 3.36. The summed E-state index contributed by atoms with van der Waals surface area (Å²) in [4.78, 5) is 37.6. The van der Waals surface area contributed by atoms with Gasteiger partial charge in [0, 0.05) is 11.5 Å². The van der Waals surface area contributed by atoms with E-state index < -0.39 is 6.03 Å². The summed E-state index contributed by atoms with van der Waals surface area (Å²) in [6, 6.07) is 6.60. The Morgan fingerprint density at radius 3 is 2.70 bits per heavy atom. The third-order valence-corrected chi connectivity index (χ3v) is 5.74. The molecule has 3 aromatic rings. The molecule has 3 amide bonds. The van der Waals surface area contributed by atoms with Gasteiger partial charge in [0.2, 0.25) is 5.91 Å². The topological polar surface area (TPSA) is 105 Å². The van der Waals surface area contributed by atoms with Crippen LogP contribution < -0.4 is 16.0 Å². The van der Waals surface area contributed by atoms with E-state index in [-0.39, 0.29) is 23.6 Å². The van der Waals surface area contributed by atoms with Crippen LogP contribution in [0.15, 0.2) is 35.0 Å². The van der Waals surface area contributed by atoms with Crippen LogP contribution in [0.4, 0.5) is 21.4 Å². The van der Waals surface area contributed by atoms with Crippen LogP contribution in [0.1, 0.15) is 22.2 Å². The number of nitrogens with zero attached hydrogens (tertiary/aromatic N) is 2. The Balaban J connectivity index is 1.67. The van der Waals surface area contributed by atoms with E-state index in [1.54, 1.807) is 30.5 Å². The van der Waals surface area contributed by atoms with Gasteiger partial charge in [-0.25, -0.2) is 4.79 Å². The van der Waals surface area contributed by atoms with Crippen molar-refractivity contribution in [1.29, 1.82) is 0 Å². The van der Waals surface area contributed by atoms with Crippen LogP contribution in [0.3, 0.4) is 0 Å². The van der Waals surface area contributed by atoms with E-state index in [2.05, 4.69) is 21.0 Å². The Morgan fingerprint density at radius 2 is 2.00 bits per heavy atom. The van der Waals surface area contributed by atoms with Crippen LogP contribution in [0.2, 0.25) is 0 Å². The monoisotopic (exact) mass is 401 g/mol. The van der Waals surface area contributed by atoms with E-state index in [1.807, 2.05) is 11.4 Å². The molecule has 10 heteroatoms. The molecule has 1 aliphatic rings. The van der Waals surface area contributed by atoms with E-state index in [9.17, 15) is 14.4 Å². The van der Waals surface area contributed by atoms with Crippen LogP contribution in [-0.4, -0.2) is 27.6 Å². The van der Waals surface area contributed by atoms with Crippen molar-refractivity contribution in [2.24, 2.45) is 5.92 Å². The molecule has 0 radical (unpaired) electrons. The highest BCUT2D eigenvalue weighted by atomic mass is 32.1. The van der Waals surface area contributed by atoms with Crippen molar-refractivity contribution >= 4 is 57.2 Å². The SMILES string of the molecule is CC1Cc2c(NC(=O)Nc3cccs3)nn(C(=O)c3cccs3)c2NC1=O. The van der Waals surface area contributed by atoms with Crippen molar-refractivity contribution in [3.8, 4) is 0 Å². The lowest BCUT2D eigenvalue weighted by Gasteiger charge is -2.20. The van der Waals surface area contributed by atoms with Gasteiger partial charge in [-0.3, -0.25) is 20.2 Å². The molecule has 0 aliphatic carbocycles. The Hall–Kier alpha value is -2.98. The number of carbonyl (C=O) groups is 3. The Labute approximate surface area is 162 Å². The molecular formula is C17H15N5O3S2. The molecule has 27 heavy (non-hydrogen) atoms. The van der Waals surface area contributed by atoms with E-state index >= 15 is 0 Å². The lowest BCUT2D eigenvalue weighted by molar-refractivity contribution is -0.119. The van der Waals surface area contributed by atoms with Crippen LogP contribution in [0.5, 0.6) is 0 Å². The first-order valence-electron chi connectivity index (χ1n) is 8.15. The van der Waals surface area contributed by atoms with Gasteiger partial charge in [-0.05, 0) is 35.4 Å². The van der Waals surface area contributed by atoms with E-state index in [0.717, 1.165) is 4.68 Å². The Kier molecular flexibility index (Phi) is 4.50. The second kappa shape index (κ2) is 6.97. The van der Waals surface area contributed by atoms with E-state index in [0.29, 0.717) is 27.7 Å². The summed E-state index contributed by atoms with van der Waals surface area (Å²) >= 11 is 2.67. The van der Waals surface area contributed by atoms with Crippen LogP contribution in [0.25, 0.3) is 0 Å². The smallest absolute Gasteiger partial charge is 0.310 e. The number of fused-ring (bicyclic) bond motifs is 1. The molecule has 0 bridgehead atoms. The maximum Gasteiger partial charge on any atom is 0.325 e. The van der Waals surface area contributed by atoms with Gasteiger partial charge in [0.15, 0.2) is 5.82 Å². The van der Waals surface area contributed by atoms with Gasteiger partial charge in [0.05, 0.1) is 9.88 Å². The number of hydrogen-bond donors (Lipinski definition) is 3. The number of urea groups is 1. The first kappa shape index (κ1) is 17.4. The molecule has 1 atom stereocenters. The van der Waals surface area contributed by atoms with E-state index in [4.69, 9.17) is 0 Å². The Bertz CT molecular complexity index is 1010. The van der Waals surface area contributed by atoms with E-state index in [1.165, 1.54) is 22.7 Å². The minimum Gasteiger partial charge on any atom is -0.310 e. The molecule has 0 saturated heterocycles. The van der Waals surface area contributed by atoms with Gasteiger partial charge in [0.1, 0.15) is 5.82 Å². The number of hydrogen-bond acceptors (Lipinski definition) is 6. The number of nitrogens with one attached hydrogen (secondary N) is 3. The minimum absolute atomic E-state index is 0.183. The van der Waals surface area contributed by atoms with Crippen molar-refractivity contribution in [3.05, 3.63) is 45.5 Å². The second-order valence-corrected chi connectivity index (χ2v) is 7.92. The zero-order valence-corrected chi connectivity index (χ0v) is 15.8. The van der Waals surface area contributed by atoms with Crippen molar-refractivity contribution in [2.45, 2.75) is 13.3 Å². The molecule has 4 rings (SSSR count). The zero-order chi connectivity index (χ0) is 19.0. The quantitative estimate of drug-likeness (QED) is 0.625. The summed E-state index contributed by atoms with van der Waals surface area (Å²) in [5.41, 5.74) is 0.633. The predicted molar refractivity (Wildman–Crippen MR) is 105 cm³/mol. The summed E-state index contributed by atoms with van der Waals surface area (Å²) < 4.78 is 1.14. The average Bonchev–Trinajstić information content (AvgIpc) is 3.38. The molecule has 3 N–H and O–H groups in total. The number of aromatic nitrogens is 2. The summed E-state index contributed by atoms with van der Waals surface area (Å²) in [7, 11) is 0. The van der Waals surface area contributed by atoms with Crippen LogP contribution in [0, 0.1) is 5.92 Å². The second-order valence-electron chi connectivity index (χ2n) is 6.02. The molecule has 0 saturated carbocycles. The summed E-state index contributed by atoms with van der Waals surface area (Å²) in [6.45, 7) is 1.78. The highest BCUT2D eigenvalue weighted by molar-refractivity contribution is 7.14. The van der Waals surface area contributed by atoms with Crippen molar-refractivity contribution in [1.82, 2.24) is 9.78 Å².